The lowest BCUT2D eigenvalue weighted by atomic mass is 10.2. The minimum atomic E-state index is -0.695. The topological polar surface area (TPSA) is 92.1 Å². The third-order valence-electron chi connectivity index (χ3n) is 5.14. The first-order valence-electron chi connectivity index (χ1n) is 9.82. The van der Waals surface area contributed by atoms with Crippen LogP contribution in [0.2, 0.25) is 5.02 Å². The number of carbonyl (C=O) groups is 2. The molecule has 2 aromatic carbocycles. The molecule has 2 amide bonds. The quantitative estimate of drug-likeness (QED) is 0.721. The van der Waals surface area contributed by atoms with Crippen LogP contribution < -0.4 is 14.2 Å². The van der Waals surface area contributed by atoms with Crippen LogP contribution in [0, 0.1) is 11.3 Å². The minimum Gasteiger partial charge on any atom is -0.485 e. The van der Waals surface area contributed by atoms with Gasteiger partial charge in [-0.15, -0.1) is 0 Å². The molecule has 4 rings (SSSR count). The number of hydrogen-bond donors (Lipinski definition) is 0. The fraction of sp³-hybridized carbons (Fsp3) is 0.318. The van der Waals surface area contributed by atoms with Gasteiger partial charge >= 0.3 is 0 Å². The first-order valence-corrected chi connectivity index (χ1v) is 10.2. The van der Waals surface area contributed by atoms with Crippen LogP contribution in [-0.4, -0.2) is 67.1 Å². The summed E-state index contributed by atoms with van der Waals surface area (Å²) >= 11 is 6.07. The van der Waals surface area contributed by atoms with Crippen molar-refractivity contribution in [3.05, 3.63) is 53.1 Å². The van der Waals surface area contributed by atoms with E-state index in [1.54, 1.807) is 34.1 Å². The first kappa shape index (κ1) is 20.8. The van der Waals surface area contributed by atoms with Gasteiger partial charge in [0.15, 0.2) is 18.1 Å². The van der Waals surface area contributed by atoms with Gasteiger partial charge in [0.2, 0.25) is 6.10 Å². The molecule has 2 heterocycles. The van der Waals surface area contributed by atoms with E-state index in [9.17, 15) is 9.59 Å². The highest BCUT2D eigenvalue weighted by Gasteiger charge is 2.33. The van der Waals surface area contributed by atoms with E-state index in [4.69, 9.17) is 31.1 Å². The summed E-state index contributed by atoms with van der Waals surface area (Å²) in [4.78, 5) is 28.6. The number of fused-ring (bicyclic) bond motifs is 1. The smallest absolute Gasteiger partial charge is 0.267 e. The van der Waals surface area contributed by atoms with E-state index >= 15 is 0 Å². The maximum absolute atomic E-state index is 12.8. The van der Waals surface area contributed by atoms with Crippen LogP contribution in [0.15, 0.2) is 42.5 Å². The summed E-state index contributed by atoms with van der Waals surface area (Å²) in [5.74, 6) is 1.18. The lowest BCUT2D eigenvalue weighted by Gasteiger charge is -2.37. The van der Waals surface area contributed by atoms with E-state index in [0.29, 0.717) is 49.0 Å². The summed E-state index contributed by atoms with van der Waals surface area (Å²) in [5.41, 5.74) is 0.417. The number of nitriles is 1. The Balaban J connectivity index is 1.26. The van der Waals surface area contributed by atoms with E-state index in [1.165, 1.54) is 6.07 Å². The van der Waals surface area contributed by atoms with Crippen molar-refractivity contribution in [3.63, 3.8) is 0 Å². The van der Waals surface area contributed by atoms with Gasteiger partial charge in [-0.3, -0.25) is 9.59 Å². The third kappa shape index (κ3) is 4.67. The largest absolute Gasteiger partial charge is 0.485 e. The zero-order valence-electron chi connectivity index (χ0n) is 16.6. The molecule has 0 radical (unpaired) electrons. The standard InChI is InChI=1S/C22H20ClN3O5/c23-16-11-15(12-24)5-6-17(16)30-14-21(27)25-7-9-26(10-8-25)22(28)20-13-29-18-3-1-2-4-19(18)31-20/h1-6,11,20H,7-10,13-14H2/t20-/m1/s1. The molecule has 0 bridgehead atoms. The Labute approximate surface area is 184 Å². The van der Waals surface area contributed by atoms with E-state index in [2.05, 4.69) is 0 Å². The number of hydrogen-bond acceptors (Lipinski definition) is 6. The van der Waals surface area contributed by atoms with E-state index in [-0.39, 0.29) is 30.1 Å². The number of nitrogens with zero attached hydrogens (tertiary/aromatic N) is 3. The number of ether oxygens (including phenoxy) is 3. The number of benzene rings is 2. The Morgan fingerprint density at radius 2 is 1.81 bits per heavy atom. The molecule has 0 aromatic heterocycles. The number of halogens is 1. The molecule has 9 heteroatoms. The molecule has 160 valence electrons. The minimum absolute atomic E-state index is 0.151. The Bertz CT molecular complexity index is 1030. The summed E-state index contributed by atoms with van der Waals surface area (Å²) in [5, 5.41) is 9.15. The number of rotatable bonds is 4. The van der Waals surface area contributed by atoms with Crippen molar-refractivity contribution in [2.24, 2.45) is 0 Å². The fourth-order valence-corrected chi connectivity index (χ4v) is 3.67. The molecule has 0 aliphatic carbocycles. The highest BCUT2D eigenvalue weighted by Crippen LogP contribution is 2.31. The molecule has 2 aliphatic heterocycles. The molecule has 1 fully saturated rings. The SMILES string of the molecule is N#Cc1ccc(OCC(=O)N2CCN(C(=O)[C@H]3COc4ccccc4O3)CC2)c(Cl)c1. The van der Waals surface area contributed by atoms with Crippen molar-refractivity contribution in [1.82, 2.24) is 9.80 Å². The van der Waals surface area contributed by atoms with Crippen molar-refractivity contribution in [2.45, 2.75) is 6.10 Å². The molecule has 0 spiro atoms. The molecular weight excluding hydrogens is 422 g/mol. The molecule has 0 N–H and O–H groups in total. The summed E-state index contributed by atoms with van der Waals surface area (Å²) in [6.45, 7) is 1.61. The third-order valence-corrected chi connectivity index (χ3v) is 5.44. The van der Waals surface area contributed by atoms with Crippen molar-refractivity contribution < 1.29 is 23.8 Å². The molecule has 1 atom stereocenters. The molecule has 2 aromatic rings. The van der Waals surface area contributed by atoms with Gasteiger partial charge in [-0.1, -0.05) is 23.7 Å². The van der Waals surface area contributed by atoms with Gasteiger partial charge in [0, 0.05) is 26.2 Å². The average molecular weight is 442 g/mol. The van der Waals surface area contributed by atoms with Gasteiger partial charge in [-0.2, -0.15) is 5.26 Å². The normalized spacial score (nSPS) is 17.6. The predicted octanol–water partition coefficient (Wildman–Crippen LogP) is 2.10. The molecule has 1 saturated heterocycles. The zero-order valence-corrected chi connectivity index (χ0v) is 17.4. The molecule has 0 saturated carbocycles. The average Bonchev–Trinajstić information content (AvgIpc) is 2.82. The van der Waals surface area contributed by atoms with Crippen LogP contribution in [-0.2, 0) is 9.59 Å². The molecule has 31 heavy (non-hydrogen) atoms. The maximum atomic E-state index is 12.8. The van der Waals surface area contributed by atoms with Gasteiger partial charge < -0.3 is 24.0 Å². The van der Waals surface area contributed by atoms with Crippen LogP contribution in [0.3, 0.4) is 0 Å². The van der Waals surface area contributed by atoms with Crippen LogP contribution in [0.4, 0.5) is 0 Å². The number of amides is 2. The lowest BCUT2D eigenvalue weighted by molar-refractivity contribution is -0.146. The van der Waals surface area contributed by atoms with E-state index in [0.717, 1.165) is 0 Å². The van der Waals surface area contributed by atoms with E-state index < -0.39 is 6.10 Å². The zero-order chi connectivity index (χ0) is 21.8. The van der Waals surface area contributed by atoms with Crippen molar-refractivity contribution in [1.29, 1.82) is 5.26 Å². The van der Waals surface area contributed by atoms with Gasteiger partial charge in [0.05, 0.1) is 16.7 Å². The molecule has 8 nitrogen and oxygen atoms in total. The fourth-order valence-electron chi connectivity index (χ4n) is 3.44. The molecular formula is C22H20ClN3O5. The van der Waals surface area contributed by atoms with Gasteiger partial charge in [0.1, 0.15) is 12.4 Å². The van der Waals surface area contributed by atoms with Crippen LogP contribution in [0.1, 0.15) is 5.56 Å². The van der Waals surface area contributed by atoms with Crippen molar-refractivity contribution in [3.8, 4) is 23.3 Å². The highest BCUT2D eigenvalue weighted by atomic mass is 35.5. The van der Waals surface area contributed by atoms with Gasteiger partial charge in [-0.05, 0) is 30.3 Å². The molecule has 0 unspecified atom stereocenters. The lowest BCUT2D eigenvalue weighted by Crippen LogP contribution is -2.55. The molecule has 2 aliphatic rings. The second-order valence-corrected chi connectivity index (χ2v) is 7.52. The summed E-state index contributed by atoms with van der Waals surface area (Å²) in [6, 6.07) is 13.9. The highest BCUT2D eigenvalue weighted by molar-refractivity contribution is 6.32. The first-order chi connectivity index (χ1) is 15.0. The van der Waals surface area contributed by atoms with Crippen LogP contribution in [0.25, 0.3) is 0 Å². The Hall–Kier alpha value is -3.44. The maximum Gasteiger partial charge on any atom is 0.267 e. The second-order valence-electron chi connectivity index (χ2n) is 7.12. The second kappa shape index (κ2) is 9.14. The van der Waals surface area contributed by atoms with Crippen LogP contribution in [0.5, 0.6) is 17.2 Å². The summed E-state index contributed by atoms with van der Waals surface area (Å²) in [6.07, 6.45) is -0.695. The monoisotopic (exact) mass is 441 g/mol. The number of para-hydroxylation sites is 2. The summed E-state index contributed by atoms with van der Waals surface area (Å²) in [7, 11) is 0. The predicted molar refractivity (Wildman–Crippen MR) is 111 cm³/mol. The number of piperazine rings is 1. The summed E-state index contributed by atoms with van der Waals surface area (Å²) < 4.78 is 16.9. The Kier molecular flexibility index (Phi) is 6.14. The number of carbonyl (C=O) groups excluding carboxylic acids is 2. The Morgan fingerprint density at radius 1 is 1.10 bits per heavy atom. The van der Waals surface area contributed by atoms with E-state index in [1.807, 2.05) is 18.2 Å². The van der Waals surface area contributed by atoms with Crippen molar-refractivity contribution >= 4 is 23.4 Å². The van der Waals surface area contributed by atoms with Gasteiger partial charge in [-0.25, -0.2) is 0 Å². The van der Waals surface area contributed by atoms with Crippen LogP contribution >= 0.6 is 11.6 Å². The van der Waals surface area contributed by atoms with Crippen molar-refractivity contribution in [2.75, 3.05) is 39.4 Å². The Morgan fingerprint density at radius 3 is 2.52 bits per heavy atom. The van der Waals surface area contributed by atoms with Gasteiger partial charge in [0.25, 0.3) is 11.8 Å².